The fraction of sp³-hybridized carbons (Fsp3) is 0.133. The Kier molecular flexibility index (Phi) is 6.68. The number of rotatable bonds is 8. The van der Waals surface area contributed by atoms with Crippen LogP contribution in [0.3, 0.4) is 0 Å². The summed E-state index contributed by atoms with van der Waals surface area (Å²) < 4.78 is 11.1. The van der Waals surface area contributed by atoms with E-state index in [4.69, 9.17) is 19.4 Å². The molecule has 2 N–H and O–H groups in total. The van der Waals surface area contributed by atoms with Gasteiger partial charge in [0, 0.05) is 38.2 Å². The molecule has 13 heteroatoms. The number of benzene rings is 1. The van der Waals surface area contributed by atoms with Crippen molar-refractivity contribution in [2.45, 2.75) is 19.6 Å². The zero-order valence-electron chi connectivity index (χ0n) is 22.3. The van der Waals surface area contributed by atoms with Gasteiger partial charge < -0.3 is 19.4 Å². The van der Waals surface area contributed by atoms with Crippen molar-refractivity contribution in [3.05, 3.63) is 102 Å². The highest BCUT2D eigenvalue weighted by molar-refractivity contribution is 7.19. The summed E-state index contributed by atoms with van der Waals surface area (Å²) in [6.07, 6.45) is 0. The van der Waals surface area contributed by atoms with Crippen LogP contribution in [-0.2, 0) is 19.6 Å². The van der Waals surface area contributed by atoms with Crippen LogP contribution in [0.4, 0.5) is 0 Å². The van der Waals surface area contributed by atoms with Crippen molar-refractivity contribution in [3.8, 4) is 32.4 Å². The van der Waals surface area contributed by atoms with Crippen molar-refractivity contribution in [3.63, 3.8) is 0 Å². The number of hydrogen-bond donors (Lipinski definition) is 2. The van der Waals surface area contributed by atoms with E-state index < -0.39 is 0 Å². The number of hydrogen-bond acceptors (Lipinski definition) is 11. The van der Waals surface area contributed by atoms with E-state index in [1.54, 1.807) is 22.7 Å². The number of thiophene rings is 4. The van der Waals surface area contributed by atoms with E-state index in [0.717, 1.165) is 26.4 Å². The second kappa shape index (κ2) is 10.8. The summed E-state index contributed by atoms with van der Waals surface area (Å²) in [6, 6.07) is 13.8. The Morgan fingerprint density at radius 2 is 1.30 bits per heavy atom. The Morgan fingerprint density at radius 1 is 0.721 bits per heavy atom. The van der Waals surface area contributed by atoms with Crippen LogP contribution < -0.4 is 20.6 Å². The highest BCUT2D eigenvalue weighted by Gasteiger charge is 2.20. The zero-order chi connectivity index (χ0) is 28.9. The molecule has 7 heterocycles. The van der Waals surface area contributed by atoms with Crippen LogP contribution in [-0.4, -0.2) is 31.6 Å². The molecule has 0 spiro atoms. The number of nitrogens with zero attached hydrogens (tertiary/aromatic N) is 3. The van der Waals surface area contributed by atoms with E-state index in [9.17, 15) is 9.59 Å². The van der Waals surface area contributed by atoms with Gasteiger partial charge in [-0.25, -0.2) is 9.97 Å². The maximum Gasteiger partial charge on any atom is 0.260 e. The number of aromatic amines is 2. The van der Waals surface area contributed by atoms with Crippen LogP contribution in [0, 0.1) is 0 Å². The molecule has 0 saturated carbocycles. The predicted molar refractivity (Wildman–Crippen MR) is 173 cm³/mol. The fourth-order valence-corrected chi connectivity index (χ4v) is 8.81. The van der Waals surface area contributed by atoms with E-state index in [-0.39, 0.29) is 17.9 Å². The van der Waals surface area contributed by atoms with Gasteiger partial charge in [0.25, 0.3) is 11.1 Å². The van der Waals surface area contributed by atoms with Crippen LogP contribution in [0.25, 0.3) is 41.3 Å². The lowest BCUT2D eigenvalue weighted by Crippen LogP contribution is -2.27. The molecule has 0 amide bonds. The van der Waals surface area contributed by atoms with Gasteiger partial charge in [-0.15, -0.1) is 45.3 Å². The molecule has 0 unspecified atom stereocenters. The van der Waals surface area contributed by atoms with Crippen LogP contribution in [0.2, 0.25) is 0 Å². The van der Waals surface area contributed by atoms with Gasteiger partial charge in [0.05, 0.1) is 23.9 Å². The van der Waals surface area contributed by atoms with Crippen LogP contribution in [0.1, 0.15) is 17.2 Å². The van der Waals surface area contributed by atoms with Gasteiger partial charge >= 0.3 is 0 Å². The van der Waals surface area contributed by atoms with Crippen molar-refractivity contribution < 1.29 is 9.47 Å². The van der Waals surface area contributed by atoms with E-state index in [0.29, 0.717) is 63.2 Å². The van der Waals surface area contributed by atoms with Gasteiger partial charge in [-0.3, -0.25) is 14.5 Å². The van der Waals surface area contributed by atoms with Crippen molar-refractivity contribution in [1.82, 2.24) is 24.8 Å². The highest BCUT2D eigenvalue weighted by Crippen LogP contribution is 2.36. The van der Waals surface area contributed by atoms with Gasteiger partial charge in [0.15, 0.2) is 11.5 Å². The van der Waals surface area contributed by atoms with Gasteiger partial charge in [0.2, 0.25) is 6.79 Å². The Labute approximate surface area is 259 Å². The first kappa shape index (κ1) is 26.5. The summed E-state index contributed by atoms with van der Waals surface area (Å²) in [6.45, 7) is 1.36. The molecule has 6 aromatic heterocycles. The topological polar surface area (TPSA) is 113 Å². The molecule has 9 nitrogen and oxygen atoms in total. The Bertz CT molecular complexity index is 2080. The van der Waals surface area contributed by atoms with Gasteiger partial charge in [-0.05, 0) is 40.6 Å². The second-order valence-electron chi connectivity index (χ2n) is 9.97. The minimum Gasteiger partial charge on any atom is -0.454 e. The summed E-state index contributed by atoms with van der Waals surface area (Å²) in [5.74, 6) is 2.48. The number of fused-ring (bicyclic) bond motifs is 3. The monoisotopic (exact) mass is 643 g/mol. The molecule has 0 saturated heterocycles. The van der Waals surface area contributed by atoms with E-state index in [1.807, 2.05) is 64.0 Å². The Hall–Kier alpha value is -4.14. The van der Waals surface area contributed by atoms with Crippen molar-refractivity contribution in [2.24, 2.45) is 0 Å². The van der Waals surface area contributed by atoms with E-state index in [2.05, 4.69) is 14.9 Å². The summed E-state index contributed by atoms with van der Waals surface area (Å²) in [5.41, 5.74) is 2.46. The minimum atomic E-state index is -0.166. The summed E-state index contributed by atoms with van der Waals surface area (Å²) >= 11 is 6.12. The smallest absolute Gasteiger partial charge is 0.260 e. The predicted octanol–water partition coefficient (Wildman–Crippen LogP) is 6.67. The molecule has 0 bridgehead atoms. The van der Waals surface area contributed by atoms with E-state index >= 15 is 0 Å². The van der Waals surface area contributed by atoms with Crippen LogP contribution in [0.15, 0.2) is 73.6 Å². The lowest BCUT2D eigenvalue weighted by Gasteiger charge is -2.21. The number of nitrogens with one attached hydrogen (secondary N) is 2. The number of H-pyrrole nitrogens is 2. The summed E-state index contributed by atoms with van der Waals surface area (Å²) in [7, 11) is 0. The molecule has 214 valence electrons. The zero-order valence-corrected chi connectivity index (χ0v) is 25.6. The van der Waals surface area contributed by atoms with Gasteiger partial charge in [-0.1, -0.05) is 18.2 Å². The third-order valence-corrected chi connectivity index (χ3v) is 10.7. The molecule has 7 aromatic rings. The lowest BCUT2D eigenvalue weighted by atomic mass is 10.2. The highest BCUT2D eigenvalue weighted by atomic mass is 32.1. The minimum absolute atomic E-state index is 0.166. The number of ether oxygens (including phenoxy) is 2. The molecule has 0 radical (unpaired) electrons. The molecule has 43 heavy (non-hydrogen) atoms. The standard InChI is InChI=1S/C30H21N5O4S4/c36-27-25-17(21-3-1-7-40-21)13-42-29(25)33-23(31-27)11-35(10-16-5-6-19-20(9-16)39-15-38-19)12-24-32-28(37)26-18(14-43-30(26)34-24)22-4-2-8-41-22/h1-9,13-14H,10-12,15H2,(H,31,33,36)(H,32,34,37). The Balaban J connectivity index is 1.14. The first-order valence-corrected chi connectivity index (χ1v) is 16.8. The third-order valence-electron chi connectivity index (χ3n) is 7.15. The Morgan fingerprint density at radius 3 is 1.86 bits per heavy atom. The average Bonchev–Trinajstić information content (AvgIpc) is 3.82. The molecular formula is C30H21N5O4S4. The molecule has 1 aromatic carbocycles. The van der Waals surface area contributed by atoms with Crippen molar-refractivity contribution in [1.29, 1.82) is 0 Å². The number of aromatic nitrogens is 4. The van der Waals surface area contributed by atoms with E-state index in [1.165, 1.54) is 22.7 Å². The molecular weight excluding hydrogens is 623 g/mol. The quantitative estimate of drug-likeness (QED) is 0.190. The summed E-state index contributed by atoms with van der Waals surface area (Å²) in [4.78, 5) is 47.9. The normalized spacial score (nSPS) is 12.7. The average molecular weight is 644 g/mol. The molecule has 0 aliphatic carbocycles. The van der Waals surface area contributed by atoms with Crippen LogP contribution in [0.5, 0.6) is 11.5 Å². The molecule has 8 rings (SSSR count). The summed E-state index contributed by atoms with van der Waals surface area (Å²) in [5, 5.41) is 9.18. The molecule has 0 fully saturated rings. The first-order valence-electron chi connectivity index (χ1n) is 13.3. The molecule has 1 aliphatic rings. The SMILES string of the molecule is O=c1[nH]c(CN(Cc2ccc3c(c2)OCO3)Cc2nc3scc(-c4cccs4)c3c(=O)[nH]2)nc2scc(-c3cccs3)c12. The first-order chi connectivity index (χ1) is 21.1. The maximum absolute atomic E-state index is 13.3. The third kappa shape index (κ3) is 4.98. The van der Waals surface area contributed by atoms with Gasteiger partial charge in [-0.2, -0.15) is 0 Å². The van der Waals surface area contributed by atoms with Crippen molar-refractivity contribution in [2.75, 3.05) is 6.79 Å². The molecule has 1 aliphatic heterocycles. The van der Waals surface area contributed by atoms with Gasteiger partial charge in [0.1, 0.15) is 21.3 Å². The molecule has 0 atom stereocenters. The second-order valence-corrected chi connectivity index (χ2v) is 13.6. The van der Waals surface area contributed by atoms with Crippen molar-refractivity contribution >= 4 is 65.8 Å². The van der Waals surface area contributed by atoms with Crippen LogP contribution >= 0.6 is 45.3 Å². The maximum atomic E-state index is 13.3. The lowest BCUT2D eigenvalue weighted by molar-refractivity contribution is 0.174. The fourth-order valence-electron chi connectivity index (χ4n) is 5.25. The largest absolute Gasteiger partial charge is 0.454 e.